The van der Waals surface area contributed by atoms with Crippen LogP contribution in [-0.4, -0.2) is 26.1 Å². The average molecular weight is 560 g/mol. The van der Waals surface area contributed by atoms with Crippen molar-refractivity contribution in [1.29, 1.82) is 0 Å². The van der Waals surface area contributed by atoms with E-state index in [1.54, 1.807) is 6.92 Å². The largest absolute Gasteiger partial charge is 0.417 e. The van der Waals surface area contributed by atoms with Crippen LogP contribution >= 0.6 is 11.6 Å². The van der Waals surface area contributed by atoms with Crippen molar-refractivity contribution in [2.45, 2.75) is 25.7 Å². The van der Waals surface area contributed by atoms with E-state index in [0.29, 0.717) is 0 Å². The van der Waals surface area contributed by atoms with Gasteiger partial charge in [0.2, 0.25) is 15.8 Å². The first-order valence-corrected chi connectivity index (χ1v) is 12.9. The molecule has 0 saturated carbocycles. The van der Waals surface area contributed by atoms with E-state index in [1.807, 2.05) is 4.72 Å². The number of fused-ring (bicyclic) bond motifs is 1. The Labute approximate surface area is 213 Å². The van der Waals surface area contributed by atoms with Crippen LogP contribution in [0.4, 0.5) is 27.6 Å². The molecule has 0 radical (unpaired) electrons. The van der Waals surface area contributed by atoms with E-state index in [2.05, 4.69) is 10.6 Å². The predicted molar refractivity (Wildman–Crippen MR) is 129 cm³/mol. The van der Waals surface area contributed by atoms with Gasteiger partial charge < -0.3 is 10.6 Å². The van der Waals surface area contributed by atoms with Crippen molar-refractivity contribution in [3.63, 3.8) is 0 Å². The minimum absolute atomic E-state index is 0.138. The maximum Gasteiger partial charge on any atom is 0.417 e. The number of alkyl halides is 3. The Kier molecular flexibility index (Phi) is 7.08. The molecule has 196 valence electrons. The minimum Gasteiger partial charge on any atom is -0.367 e. The van der Waals surface area contributed by atoms with Crippen LogP contribution in [0.3, 0.4) is 0 Å². The molecule has 6 nitrogen and oxygen atoms in total. The average Bonchev–Trinajstić information content (AvgIpc) is 3.24. The summed E-state index contributed by atoms with van der Waals surface area (Å²) in [6.07, 6.45) is -1.07. The summed E-state index contributed by atoms with van der Waals surface area (Å²) < 4.78 is 95.8. The molecule has 13 heteroatoms. The summed E-state index contributed by atoms with van der Waals surface area (Å²) >= 11 is 5.69. The highest BCUT2D eigenvalue weighted by molar-refractivity contribution is 7.92. The third kappa shape index (κ3) is 5.35. The van der Waals surface area contributed by atoms with Gasteiger partial charge >= 0.3 is 6.18 Å². The van der Waals surface area contributed by atoms with Crippen molar-refractivity contribution in [2.24, 2.45) is 0 Å². The number of allylic oxidation sites excluding steroid dienone is 2. The first-order chi connectivity index (χ1) is 17.3. The lowest BCUT2D eigenvalue weighted by Gasteiger charge is -2.22. The van der Waals surface area contributed by atoms with Crippen LogP contribution in [0.25, 0.3) is 5.57 Å². The molecule has 0 saturated heterocycles. The molecule has 1 unspecified atom stereocenters. The fourth-order valence-electron chi connectivity index (χ4n) is 3.92. The fourth-order valence-corrected chi connectivity index (χ4v) is 5.28. The highest BCUT2D eigenvalue weighted by atomic mass is 35.5. The number of hydrogen-bond acceptors (Lipinski definition) is 5. The van der Waals surface area contributed by atoms with Gasteiger partial charge in [-0.15, -0.1) is 0 Å². The highest BCUT2D eigenvalue weighted by Crippen LogP contribution is 2.38. The highest BCUT2D eigenvalue weighted by Gasteiger charge is 2.35. The number of carbonyl (C=O) groups is 1. The normalized spacial score (nSPS) is 17.2. The Morgan fingerprint density at radius 2 is 1.81 bits per heavy atom. The van der Waals surface area contributed by atoms with E-state index < -0.39 is 61.6 Å². The summed E-state index contributed by atoms with van der Waals surface area (Å²) in [6.45, 7) is 1.60. The van der Waals surface area contributed by atoms with Gasteiger partial charge in [0.1, 0.15) is 12.0 Å². The number of dihydropyridines is 1. The smallest absolute Gasteiger partial charge is 0.367 e. The van der Waals surface area contributed by atoms with Gasteiger partial charge in [-0.3, -0.25) is 9.52 Å². The molecule has 2 aliphatic rings. The van der Waals surface area contributed by atoms with E-state index in [0.717, 1.165) is 24.3 Å². The van der Waals surface area contributed by atoms with E-state index in [-0.39, 0.29) is 34.5 Å². The van der Waals surface area contributed by atoms with Crippen molar-refractivity contribution in [1.82, 2.24) is 10.6 Å². The lowest BCUT2D eigenvalue weighted by atomic mass is 9.92. The predicted octanol–water partition coefficient (Wildman–Crippen LogP) is 5.36. The zero-order chi connectivity index (χ0) is 27.1. The first-order valence-electron chi connectivity index (χ1n) is 10.9. The molecule has 3 N–H and O–H groups in total. The second-order valence-electron chi connectivity index (χ2n) is 8.25. The molecule has 0 spiro atoms. The van der Waals surface area contributed by atoms with Gasteiger partial charge in [0.25, 0.3) is 0 Å². The van der Waals surface area contributed by atoms with E-state index in [1.165, 1.54) is 24.5 Å². The minimum atomic E-state index is -4.69. The first kappa shape index (κ1) is 26.7. The Morgan fingerprint density at radius 3 is 2.49 bits per heavy atom. The molecular weight excluding hydrogens is 541 g/mol. The van der Waals surface area contributed by atoms with Crippen LogP contribution in [0.5, 0.6) is 0 Å². The second kappa shape index (κ2) is 9.82. The lowest BCUT2D eigenvalue weighted by Crippen LogP contribution is -2.36. The molecule has 0 amide bonds. The van der Waals surface area contributed by atoms with E-state index in [4.69, 9.17) is 11.6 Å². The van der Waals surface area contributed by atoms with Crippen molar-refractivity contribution in [2.75, 3.05) is 10.5 Å². The zero-order valence-electron chi connectivity index (χ0n) is 19.0. The molecular formula is C24H19ClF5N3O3S. The third-order valence-corrected chi connectivity index (χ3v) is 7.45. The summed E-state index contributed by atoms with van der Waals surface area (Å²) in [6, 6.07) is 4.95. The summed E-state index contributed by atoms with van der Waals surface area (Å²) in [5.41, 5.74) is -2.14. The number of carbonyl (C=O) groups excluding carboxylic acids is 1. The number of hydrogen-bond donors (Lipinski definition) is 3. The van der Waals surface area contributed by atoms with Crippen molar-refractivity contribution < 1.29 is 35.2 Å². The van der Waals surface area contributed by atoms with Crippen LogP contribution < -0.4 is 15.4 Å². The maximum absolute atomic E-state index is 15.2. The Bertz CT molecular complexity index is 1480. The molecule has 2 heterocycles. The van der Waals surface area contributed by atoms with Gasteiger partial charge in [-0.25, -0.2) is 17.2 Å². The van der Waals surface area contributed by atoms with Crippen LogP contribution in [0, 0.1) is 11.6 Å². The van der Waals surface area contributed by atoms with Gasteiger partial charge in [-0.05, 0) is 47.9 Å². The number of benzene rings is 2. The Hall–Kier alpha value is -3.38. The van der Waals surface area contributed by atoms with Crippen LogP contribution in [0.15, 0.2) is 60.0 Å². The Balaban J connectivity index is 1.69. The molecule has 0 aliphatic carbocycles. The van der Waals surface area contributed by atoms with Gasteiger partial charge in [0.15, 0.2) is 5.82 Å². The number of ketones is 1. The van der Waals surface area contributed by atoms with Gasteiger partial charge in [0, 0.05) is 23.5 Å². The van der Waals surface area contributed by atoms with Crippen molar-refractivity contribution >= 4 is 38.7 Å². The second-order valence-corrected chi connectivity index (χ2v) is 10.5. The number of rotatable bonds is 7. The molecule has 1 atom stereocenters. The molecule has 4 rings (SSSR count). The fraction of sp³-hybridized carbons (Fsp3) is 0.208. The maximum atomic E-state index is 15.2. The van der Waals surface area contributed by atoms with E-state index >= 15 is 4.39 Å². The summed E-state index contributed by atoms with van der Waals surface area (Å²) in [4.78, 5) is 13.2. The van der Waals surface area contributed by atoms with Crippen molar-refractivity contribution in [3.8, 4) is 0 Å². The van der Waals surface area contributed by atoms with Crippen molar-refractivity contribution in [3.05, 3.63) is 93.3 Å². The number of halogens is 6. The molecule has 2 aliphatic heterocycles. The molecule has 0 aromatic heterocycles. The van der Waals surface area contributed by atoms with Gasteiger partial charge in [0.05, 0.1) is 27.6 Å². The number of Topliss-reactive ketones (excluding diaryl/α,β-unsaturated/α-hetero) is 1. The standard InChI is InChI=1S/C24H19ClF5N3O3S/c1-2-7-37(35,36)33-19-6-5-18(26)20(21(19)27)22(34)15-11-32-23-14(15)8-13(10-31-23)12-3-4-17(25)16(9-12)24(28,29)30/h3-6,8-11,23,31-33H,2,7H2,1H3. The molecule has 37 heavy (non-hydrogen) atoms. The quantitative estimate of drug-likeness (QED) is 0.314. The SMILES string of the molecule is CCCS(=O)(=O)Nc1ccc(F)c(C(=O)C2=CNC3NC=C(c4ccc(Cl)c(C(F)(F)F)c4)C=C23)c1F. The Morgan fingerprint density at radius 1 is 1.11 bits per heavy atom. The molecule has 0 bridgehead atoms. The van der Waals surface area contributed by atoms with Crippen LogP contribution in [0.1, 0.15) is 34.8 Å². The molecule has 2 aromatic carbocycles. The summed E-state index contributed by atoms with van der Waals surface area (Å²) in [5.74, 6) is -3.99. The lowest BCUT2D eigenvalue weighted by molar-refractivity contribution is -0.137. The number of anilines is 1. The van der Waals surface area contributed by atoms with Crippen LogP contribution in [0.2, 0.25) is 5.02 Å². The van der Waals surface area contributed by atoms with Gasteiger partial charge in [-0.1, -0.05) is 24.6 Å². The topological polar surface area (TPSA) is 87.3 Å². The third-order valence-electron chi connectivity index (χ3n) is 5.64. The van der Waals surface area contributed by atoms with Gasteiger partial charge in [-0.2, -0.15) is 13.2 Å². The number of nitrogens with one attached hydrogen (secondary N) is 3. The monoisotopic (exact) mass is 559 g/mol. The summed E-state index contributed by atoms with van der Waals surface area (Å²) in [5, 5.41) is 5.22. The number of sulfonamides is 1. The molecule has 0 fully saturated rings. The summed E-state index contributed by atoms with van der Waals surface area (Å²) in [7, 11) is -3.92. The molecule has 2 aromatic rings. The van der Waals surface area contributed by atoms with E-state index in [9.17, 15) is 30.8 Å². The zero-order valence-corrected chi connectivity index (χ0v) is 20.6. The van der Waals surface area contributed by atoms with Crippen LogP contribution in [-0.2, 0) is 16.2 Å².